The van der Waals surface area contributed by atoms with E-state index in [1.54, 1.807) is 50.8 Å². The predicted molar refractivity (Wildman–Crippen MR) is 340 cm³/mol. The number of carbonyl (C=O) groups is 5. The number of hydrogen-bond acceptors (Lipinski definition) is 22. The first-order valence-corrected chi connectivity index (χ1v) is 33.6. The molecule has 4 heterocycles. The average molecular weight is 1400 g/mol. The molecule has 0 bridgehead atoms. The molecule has 2 fully saturated rings. The third kappa shape index (κ3) is 23.0. The second-order valence-corrected chi connectivity index (χ2v) is 27.1. The zero-order valence-corrected chi connectivity index (χ0v) is 55.1. The molecule has 0 aliphatic carbocycles. The molecule has 33 heteroatoms. The highest BCUT2D eigenvalue weighted by Gasteiger charge is 2.36. The molecule has 2 aromatic heterocycles. The highest BCUT2D eigenvalue weighted by Crippen LogP contribution is 2.37. The Morgan fingerprint density at radius 3 is 1.80 bits per heavy atom. The van der Waals surface area contributed by atoms with Gasteiger partial charge in [-0.25, -0.2) is 0 Å². The fourth-order valence-electron chi connectivity index (χ4n) is 10.7. The van der Waals surface area contributed by atoms with Crippen LogP contribution >= 0.6 is 15.9 Å². The van der Waals surface area contributed by atoms with Gasteiger partial charge in [0.2, 0.25) is 16.4 Å². The van der Waals surface area contributed by atoms with Gasteiger partial charge in [-0.3, -0.25) is 72.1 Å². The van der Waals surface area contributed by atoms with E-state index in [9.17, 15) is 70.5 Å². The zero-order chi connectivity index (χ0) is 67.4. The summed E-state index contributed by atoms with van der Waals surface area (Å²) in [6.45, 7) is 8.61. The first-order valence-electron chi connectivity index (χ1n) is 29.8. The molecule has 0 saturated carbocycles. The minimum absolute atomic E-state index is 0.00179. The number of halogens is 1. The zero-order valence-electron chi connectivity index (χ0n) is 51.9. The summed E-state index contributed by atoms with van der Waals surface area (Å²) in [7, 11) is -8.96. The van der Waals surface area contributed by atoms with Crippen LogP contribution in [-0.2, 0) is 77.1 Å². The van der Waals surface area contributed by atoms with Crippen molar-refractivity contribution in [2.75, 3.05) is 131 Å². The summed E-state index contributed by atoms with van der Waals surface area (Å²) in [6, 6.07) is 18.9. The lowest BCUT2D eigenvalue weighted by molar-refractivity contribution is -0.141. The Kier molecular flexibility index (Phi) is 26.9. The van der Waals surface area contributed by atoms with Crippen molar-refractivity contribution in [3.8, 4) is 34.4 Å². The third-order valence-corrected chi connectivity index (χ3v) is 19.5. The van der Waals surface area contributed by atoms with E-state index in [4.69, 9.17) is 14.2 Å². The minimum atomic E-state index is -5.27. The van der Waals surface area contributed by atoms with Gasteiger partial charge in [0.05, 0.1) is 55.5 Å². The number of aromatic nitrogens is 4. The maximum atomic E-state index is 13.7. The van der Waals surface area contributed by atoms with Crippen LogP contribution in [0, 0.1) is 25.2 Å². The van der Waals surface area contributed by atoms with E-state index in [1.807, 2.05) is 66.2 Å². The maximum Gasteiger partial charge on any atom is 0.317 e. The molecule has 0 radical (unpaired) electrons. The number of aliphatic carboxylic acids is 3. The molecule has 2 amide bonds. The van der Waals surface area contributed by atoms with Crippen molar-refractivity contribution in [2.45, 2.75) is 57.8 Å². The molecule has 6 N–H and O–H groups in total. The summed E-state index contributed by atoms with van der Waals surface area (Å²) in [4.78, 5) is 78.4. The van der Waals surface area contributed by atoms with E-state index in [0.29, 0.717) is 116 Å². The summed E-state index contributed by atoms with van der Waals surface area (Å²) in [5.41, 5.74) is 6.80. The van der Waals surface area contributed by atoms with Crippen LogP contribution in [-0.4, -0.2) is 261 Å². The highest BCUT2D eigenvalue weighted by atomic mass is 79.9. The van der Waals surface area contributed by atoms with Crippen molar-refractivity contribution in [2.24, 2.45) is 0 Å². The quantitative estimate of drug-likeness (QED) is 0.0358. The van der Waals surface area contributed by atoms with Crippen molar-refractivity contribution in [3.63, 3.8) is 0 Å². The fraction of sp³-hybridized carbons (Fsp3) is 0.483. The highest BCUT2D eigenvalue weighted by molar-refractivity contribution is 9.10. The Labute approximate surface area is 547 Å². The van der Waals surface area contributed by atoms with Gasteiger partial charge in [0.15, 0.2) is 0 Å². The number of likely N-dealkylation sites (N-methyl/N-ethyl adjacent to an activating group) is 1. The number of piperazine rings is 1. The second-order valence-electron chi connectivity index (χ2n) is 22.7. The molecule has 93 heavy (non-hydrogen) atoms. The number of nitriles is 1. The van der Waals surface area contributed by atoms with E-state index in [2.05, 4.69) is 47.5 Å². The molecular weight excluding hydrogens is 1320 g/mol. The van der Waals surface area contributed by atoms with Gasteiger partial charge in [0.1, 0.15) is 48.8 Å². The Morgan fingerprint density at radius 1 is 0.667 bits per heavy atom. The van der Waals surface area contributed by atoms with Crippen molar-refractivity contribution < 1.29 is 79.4 Å². The number of nitrogens with one attached hydrogen (secondary N) is 1. The number of amides is 2. The number of aryl methyl sites for hydroxylation is 1. The largest absolute Gasteiger partial charge is 0.488 e. The molecule has 2 aliphatic rings. The molecular formula is C60H78BrN13O17S2. The number of carboxylic acid groups (broad SMARTS) is 3. The van der Waals surface area contributed by atoms with Gasteiger partial charge in [0, 0.05) is 128 Å². The minimum Gasteiger partial charge on any atom is -0.488 e. The standard InChI is InChI=1S/C60H78BrN13O17S2/c1-42-46(40-90-54-27-53(89-39-45-25-44(28-62)29-63-30-45)47(26-51(54)61)32-67(3)34-55(75)64-31-60(92(83,84)85)93(86,87)88)7-4-8-49(42)50-9-5-10-52(43(50)2)91-41-48-33-74(66-65-48)12-6-11-68-21-23-73(24-22-68)56(76)35-69-13-15-70(36-57(77)78)17-19-72(38-59(81)82)20-18-71(16-14-69)37-58(79)80/h4-5,7-10,25-27,29-30,33,60H,6,11-24,31-32,34-41H2,1-3H3,(H,64,75)(H,77,78)(H,79,80)(H,81,82)(H,83,84,85)(H,86,87,88). The number of carboxylic acids is 3. The molecule has 7 rings (SSSR count). The number of hydrogen-bond donors (Lipinski definition) is 6. The molecule has 2 saturated heterocycles. The molecule has 504 valence electrons. The Balaban J connectivity index is 0.904. The van der Waals surface area contributed by atoms with Gasteiger partial charge in [0.25, 0.3) is 20.2 Å². The Bertz CT molecular complexity index is 3640. The molecule has 30 nitrogen and oxygen atoms in total. The summed E-state index contributed by atoms with van der Waals surface area (Å²) >= 11 is 3.62. The lowest BCUT2D eigenvalue weighted by Crippen LogP contribution is -2.53. The number of benzene rings is 3. The van der Waals surface area contributed by atoms with E-state index in [1.165, 1.54) is 11.1 Å². The predicted octanol–water partition coefficient (Wildman–Crippen LogP) is 1.99. The van der Waals surface area contributed by atoms with Gasteiger partial charge in [-0.15, -0.1) is 5.10 Å². The number of pyridine rings is 1. The number of ether oxygens (including phenoxy) is 3. The van der Waals surface area contributed by atoms with Gasteiger partial charge in [-0.1, -0.05) is 35.5 Å². The fourth-order valence-corrected chi connectivity index (χ4v) is 13.0. The van der Waals surface area contributed by atoms with Gasteiger partial charge in [-0.05, 0) is 89.3 Å². The van der Waals surface area contributed by atoms with Crippen LogP contribution in [0.2, 0.25) is 0 Å². The van der Waals surface area contributed by atoms with E-state index >= 15 is 0 Å². The molecule has 0 atom stereocenters. The molecule has 3 aromatic carbocycles. The van der Waals surface area contributed by atoms with Gasteiger partial charge in [-0.2, -0.15) is 22.1 Å². The van der Waals surface area contributed by atoms with Crippen LogP contribution in [0.25, 0.3) is 11.1 Å². The van der Waals surface area contributed by atoms with Crippen LogP contribution in [0.1, 0.15) is 45.5 Å². The topological polar surface area (TPSA) is 385 Å². The summed E-state index contributed by atoms with van der Waals surface area (Å²) < 4.78 is 83.6. The normalized spacial score (nSPS) is 15.5. The first kappa shape index (κ1) is 72.7. The average Bonchev–Trinajstić information content (AvgIpc) is 0.931. The van der Waals surface area contributed by atoms with Gasteiger partial charge >= 0.3 is 17.9 Å². The molecule has 5 aromatic rings. The van der Waals surface area contributed by atoms with E-state index < -0.39 is 55.2 Å². The van der Waals surface area contributed by atoms with Crippen LogP contribution < -0.4 is 19.5 Å². The lowest BCUT2D eigenvalue weighted by atomic mass is 9.93. The van der Waals surface area contributed by atoms with Crippen molar-refractivity contribution in [3.05, 3.63) is 117 Å². The van der Waals surface area contributed by atoms with Crippen LogP contribution in [0.15, 0.2) is 77.7 Å². The molecule has 0 unspecified atom stereocenters. The van der Waals surface area contributed by atoms with Crippen molar-refractivity contribution in [1.82, 2.24) is 59.6 Å². The summed E-state index contributed by atoms with van der Waals surface area (Å²) in [5, 5.41) is 48.9. The van der Waals surface area contributed by atoms with Crippen LogP contribution in [0.5, 0.6) is 17.2 Å². The number of nitrogens with zero attached hydrogens (tertiary/aromatic N) is 12. The monoisotopic (exact) mass is 1400 g/mol. The van der Waals surface area contributed by atoms with E-state index in [0.717, 1.165) is 40.8 Å². The summed E-state index contributed by atoms with van der Waals surface area (Å²) in [6.07, 6.45) is 5.61. The third-order valence-electron chi connectivity index (χ3n) is 15.7. The Morgan fingerprint density at radius 2 is 1.22 bits per heavy atom. The van der Waals surface area contributed by atoms with Gasteiger partial charge < -0.3 is 39.7 Å². The van der Waals surface area contributed by atoms with Crippen LogP contribution in [0.4, 0.5) is 0 Å². The first-order chi connectivity index (χ1) is 44.2. The molecule has 2 aliphatic heterocycles. The molecule has 0 spiro atoms. The van der Waals surface area contributed by atoms with Crippen molar-refractivity contribution in [1.29, 1.82) is 5.26 Å². The number of rotatable bonds is 30. The smallest absolute Gasteiger partial charge is 0.317 e. The summed E-state index contributed by atoms with van der Waals surface area (Å²) in [5.74, 6) is -2.51. The lowest BCUT2D eigenvalue weighted by Gasteiger charge is -2.37. The van der Waals surface area contributed by atoms with Crippen LogP contribution in [0.3, 0.4) is 0 Å². The maximum absolute atomic E-state index is 13.7. The SMILES string of the molecule is Cc1c(COc2cc(OCc3cncc(C#N)c3)c(CN(C)CC(=O)NCC(S(=O)(=O)O)S(=O)(=O)O)cc2Br)cccc1-c1cccc(OCc2cn(CCCN3CCN(C(=O)CN4CCN(CC(=O)O)CCN(CC(=O)O)CCN(CC(=O)O)CC4)CC3)nn2)c1C. The van der Waals surface area contributed by atoms with E-state index in [-0.39, 0.29) is 78.1 Å². The van der Waals surface area contributed by atoms with Crippen molar-refractivity contribution >= 4 is 65.9 Å². The number of carbonyl (C=O) groups excluding carboxylic acids is 2. The second kappa shape index (κ2) is 34.4. The Hall–Kier alpha value is -7.75.